The summed E-state index contributed by atoms with van der Waals surface area (Å²) in [5, 5.41) is 13.7. The number of nitrogens with two attached hydrogens (primary N) is 1. The van der Waals surface area contributed by atoms with Crippen molar-refractivity contribution in [1.82, 2.24) is 19.5 Å². The fourth-order valence-corrected chi connectivity index (χ4v) is 3.87. The van der Waals surface area contributed by atoms with Gasteiger partial charge in [-0.25, -0.2) is 4.98 Å². The number of fused-ring (bicyclic) bond motifs is 3. The minimum absolute atomic E-state index is 0.125. The van der Waals surface area contributed by atoms with Gasteiger partial charge in [0.25, 0.3) is 5.56 Å². The number of hydrogen-bond acceptors (Lipinski definition) is 8. The predicted octanol–water partition coefficient (Wildman–Crippen LogP) is 0.486. The van der Waals surface area contributed by atoms with E-state index in [0.29, 0.717) is 24.7 Å². The van der Waals surface area contributed by atoms with Gasteiger partial charge < -0.3 is 25.6 Å². The molecular weight excluding hydrogens is 364 g/mol. The Kier molecular flexibility index (Phi) is 4.79. The molecule has 2 aromatic heterocycles. The van der Waals surface area contributed by atoms with Gasteiger partial charge in [-0.2, -0.15) is 4.98 Å². The molecule has 5 N–H and O–H groups in total. The Morgan fingerprint density at radius 1 is 1.46 bits per heavy atom. The lowest BCUT2D eigenvalue weighted by Gasteiger charge is -2.33. The molecule has 0 unspecified atom stereocenters. The zero-order chi connectivity index (χ0) is 20.6. The van der Waals surface area contributed by atoms with Crippen LogP contribution in [0.25, 0.3) is 11.2 Å². The van der Waals surface area contributed by atoms with Crippen molar-refractivity contribution in [2.45, 2.75) is 69.6 Å². The molecule has 2 aromatic rings. The SMILES string of the molecule is [2H]C[C@]12O[C@@H](n3cnc4c(=O)[nH]c(NCCCCCCN)nc43)[C@H](O[C@H]1C)[C@@H]2O. The second kappa shape index (κ2) is 7.43. The Bertz CT molecular complexity index is 919. The minimum Gasteiger partial charge on any atom is -0.387 e. The minimum atomic E-state index is -1.09. The predicted molar refractivity (Wildman–Crippen MR) is 103 cm³/mol. The topological polar surface area (TPSA) is 140 Å². The number of aromatic nitrogens is 4. The number of H-pyrrole nitrogens is 1. The Morgan fingerprint density at radius 2 is 2.29 bits per heavy atom. The third-order valence-electron chi connectivity index (χ3n) is 5.61. The maximum absolute atomic E-state index is 12.4. The highest BCUT2D eigenvalue weighted by atomic mass is 16.7. The van der Waals surface area contributed by atoms with Gasteiger partial charge >= 0.3 is 0 Å². The third kappa shape index (κ3) is 3.10. The van der Waals surface area contributed by atoms with Gasteiger partial charge in [-0.15, -0.1) is 0 Å². The molecule has 0 amide bonds. The molecule has 0 spiro atoms. The van der Waals surface area contributed by atoms with Crippen molar-refractivity contribution in [2.24, 2.45) is 5.73 Å². The zero-order valence-corrected chi connectivity index (χ0v) is 15.9. The number of nitrogens with one attached hydrogen (secondary N) is 2. The fourth-order valence-electron chi connectivity index (χ4n) is 3.87. The van der Waals surface area contributed by atoms with Crippen LogP contribution in [0.1, 0.15) is 47.1 Å². The first-order chi connectivity index (χ1) is 14.0. The van der Waals surface area contributed by atoms with Gasteiger partial charge in [0.05, 0.1) is 12.4 Å². The second-order valence-corrected chi connectivity index (χ2v) is 7.52. The van der Waals surface area contributed by atoms with E-state index in [-0.39, 0.29) is 24.1 Å². The van der Waals surface area contributed by atoms with Crippen molar-refractivity contribution >= 4 is 17.1 Å². The lowest BCUT2D eigenvalue weighted by atomic mass is 9.96. The first kappa shape index (κ1) is 18.0. The van der Waals surface area contributed by atoms with Crippen LogP contribution in [-0.4, -0.2) is 61.6 Å². The van der Waals surface area contributed by atoms with Gasteiger partial charge in [-0.3, -0.25) is 14.3 Å². The van der Waals surface area contributed by atoms with Crippen molar-refractivity contribution in [3.8, 4) is 0 Å². The molecule has 0 aliphatic carbocycles. The average molecular weight is 393 g/mol. The highest BCUT2D eigenvalue weighted by Gasteiger charge is 2.63. The lowest BCUT2D eigenvalue weighted by Crippen LogP contribution is -2.42. The summed E-state index contributed by atoms with van der Waals surface area (Å²) >= 11 is 0. The number of hydrogen-bond donors (Lipinski definition) is 4. The zero-order valence-electron chi connectivity index (χ0n) is 16.9. The van der Waals surface area contributed by atoms with Crippen molar-refractivity contribution in [3.63, 3.8) is 0 Å². The van der Waals surface area contributed by atoms with E-state index < -0.39 is 24.0 Å². The Balaban J connectivity index is 1.54. The number of aliphatic hydroxyl groups is 1. The Morgan fingerprint density at radius 3 is 3.04 bits per heavy atom. The summed E-state index contributed by atoms with van der Waals surface area (Å²) in [5.74, 6) is 0.358. The number of nitrogens with zero attached hydrogens (tertiary/aromatic N) is 3. The fraction of sp³-hybridized carbons (Fsp3) is 0.722. The Hall–Kier alpha value is -2.01. The van der Waals surface area contributed by atoms with Crippen molar-refractivity contribution < 1.29 is 16.0 Å². The maximum Gasteiger partial charge on any atom is 0.280 e. The molecule has 0 radical (unpaired) electrons. The summed E-state index contributed by atoms with van der Waals surface area (Å²) in [6, 6.07) is 0. The van der Waals surface area contributed by atoms with Crippen LogP contribution >= 0.6 is 0 Å². The number of rotatable bonds is 8. The van der Waals surface area contributed by atoms with Crippen molar-refractivity contribution in [1.29, 1.82) is 0 Å². The van der Waals surface area contributed by atoms with E-state index in [4.69, 9.17) is 16.6 Å². The first-order valence-electron chi connectivity index (χ1n) is 10.4. The highest BCUT2D eigenvalue weighted by Crippen LogP contribution is 2.48. The molecule has 2 bridgehead atoms. The van der Waals surface area contributed by atoms with Crippen LogP contribution in [-0.2, 0) is 9.47 Å². The number of ether oxygens (including phenoxy) is 2. The molecule has 0 saturated carbocycles. The summed E-state index contributed by atoms with van der Waals surface area (Å²) in [6.07, 6.45) is 2.88. The molecule has 2 fully saturated rings. The van der Waals surface area contributed by atoms with E-state index in [0.717, 1.165) is 25.7 Å². The molecule has 0 aromatic carbocycles. The van der Waals surface area contributed by atoms with E-state index >= 15 is 0 Å². The third-order valence-corrected chi connectivity index (χ3v) is 5.61. The molecule has 10 nitrogen and oxygen atoms in total. The molecule has 2 saturated heterocycles. The van der Waals surface area contributed by atoms with Gasteiger partial charge in [0, 0.05) is 7.92 Å². The van der Waals surface area contributed by atoms with Gasteiger partial charge in [0.1, 0.15) is 17.8 Å². The molecule has 2 aliphatic heterocycles. The number of anilines is 1. The van der Waals surface area contributed by atoms with Crippen LogP contribution in [0.5, 0.6) is 0 Å². The standard InChI is InChI=1S/C18H28N6O4/c1-10-18(2)13(25)12(27-10)16(28-18)24-9-21-11-14(24)22-17(23-15(11)26)20-8-6-4-3-5-7-19/h9-10,12-13,16,25H,3-8,19H2,1-2H3,(H2,20,22,23,26)/t10-,12+,13-,16+,18-/m0/s1/i2D. The van der Waals surface area contributed by atoms with E-state index in [1.807, 2.05) is 0 Å². The van der Waals surface area contributed by atoms with Gasteiger partial charge in [0.15, 0.2) is 17.4 Å². The van der Waals surface area contributed by atoms with Gasteiger partial charge in [-0.05, 0) is 33.2 Å². The van der Waals surface area contributed by atoms with E-state index in [2.05, 4.69) is 20.3 Å². The summed E-state index contributed by atoms with van der Waals surface area (Å²) < 4.78 is 21.4. The van der Waals surface area contributed by atoms with Crippen LogP contribution in [0.4, 0.5) is 5.95 Å². The quantitative estimate of drug-likeness (QED) is 0.475. The first-order valence-corrected chi connectivity index (χ1v) is 9.73. The molecular formula is C18H28N6O4. The van der Waals surface area contributed by atoms with Crippen molar-refractivity contribution in [2.75, 3.05) is 18.4 Å². The maximum atomic E-state index is 12.4. The Labute approximate surface area is 163 Å². The van der Waals surface area contributed by atoms with E-state index in [1.165, 1.54) is 6.33 Å². The molecule has 5 atom stereocenters. The molecule has 4 heterocycles. The van der Waals surface area contributed by atoms with Gasteiger partial charge in [-0.1, -0.05) is 12.8 Å². The second-order valence-electron chi connectivity index (χ2n) is 7.52. The van der Waals surface area contributed by atoms with Crippen molar-refractivity contribution in [3.05, 3.63) is 16.7 Å². The summed E-state index contributed by atoms with van der Waals surface area (Å²) in [5.41, 5.74) is 4.59. The number of unbranched alkanes of at least 4 members (excludes halogenated alkanes) is 3. The monoisotopic (exact) mass is 393 g/mol. The molecule has 2 aliphatic rings. The highest BCUT2D eigenvalue weighted by molar-refractivity contribution is 5.71. The van der Waals surface area contributed by atoms with E-state index in [1.54, 1.807) is 11.5 Å². The number of aromatic amines is 1. The van der Waals surface area contributed by atoms with Gasteiger partial charge in [0.2, 0.25) is 5.95 Å². The number of aliphatic hydroxyl groups excluding tert-OH is 1. The summed E-state index contributed by atoms with van der Waals surface area (Å²) in [7, 11) is 0. The summed E-state index contributed by atoms with van der Waals surface area (Å²) in [6.45, 7) is 3.04. The summed E-state index contributed by atoms with van der Waals surface area (Å²) in [4.78, 5) is 23.8. The molecule has 10 heteroatoms. The van der Waals surface area contributed by atoms with E-state index in [9.17, 15) is 9.90 Å². The van der Waals surface area contributed by atoms with Crippen LogP contribution < -0.4 is 16.6 Å². The normalized spacial score (nSPS) is 32.2. The average Bonchev–Trinajstić information content (AvgIpc) is 3.32. The molecule has 4 rings (SSSR count). The van der Waals surface area contributed by atoms with Crippen LogP contribution in [0.2, 0.25) is 0 Å². The number of imidazole rings is 1. The lowest BCUT2D eigenvalue weighted by molar-refractivity contribution is -0.198. The molecule has 28 heavy (non-hydrogen) atoms. The largest absolute Gasteiger partial charge is 0.387 e. The molecule has 154 valence electrons. The smallest absolute Gasteiger partial charge is 0.280 e. The van der Waals surface area contributed by atoms with Crippen LogP contribution in [0.15, 0.2) is 11.1 Å². The van der Waals surface area contributed by atoms with Crippen LogP contribution in [0.3, 0.4) is 0 Å². The van der Waals surface area contributed by atoms with Crippen LogP contribution in [0, 0.1) is 0 Å².